The van der Waals surface area contributed by atoms with E-state index in [-0.39, 0.29) is 0 Å². The number of hydrazone groups is 1. The second-order valence-corrected chi connectivity index (χ2v) is 3.81. The van der Waals surface area contributed by atoms with Gasteiger partial charge in [-0.1, -0.05) is 6.58 Å². The molecule has 0 fully saturated rings. The van der Waals surface area contributed by atoms with Crippen molar-refractivity contribution in [2.75, 3.05) is 0 Å². The molecule has 4 heteroatoms. The fourth-order valence-electron chi connectivity index (χ4n) is 1.48. The summed E-state index contributed by atoms with van der Waals surface area (Å²) < 4.78 is 0. The molecule has 2 heterocycles. The van der Waals surface area contributed by atoms with Crippen LogP contribution in [-0.4, -0.2) is 16.2 Å². The molecule has 1 aliphatic rings. The van der Waals surface area contributed by atoms with E-state index in [0.717, 1.165) is 28.1 Å². The van der Waals surface area contributed by atoms with Gasteiger partial charge in [-0.25, -0.2) is 9.97 Å². The van der Waals surface area contributed by atoms with Gasteiger partial charge in [-0.2, -0.15) is 5.10 Å². The molecule has 86 valence electrons. The second-order valence-electron chi connectivity index (χ2n) is 3.81. The molecule has 0 bridgehead atoms. The van der Waals surface area contributed by atoms with Crippen LogP contribution in [0.5, 0.6) is 0 Å². The third kappa shape index (κ3) is 2.47. The Kier molecular flexibility index (Phi) is 3.14. The molecule has 1 aliphatic heterocycles. The predicted molar refractivity (Wildman–Crippen MR) is 69.3 cm³/mol. The van der Waals surface area contributed by atoms with Gasteiger partial charge in [0.25, 0.3) is 0 Å². The molecule has 0 saturated heterocycles. The summed E-state index contributed by atoms with van der Waals surface area (Å²) in [7, 11) is 0. The Bertz CT molecular complexity index is 521. The van der Waals surface area contributed by atoms with Gasteiger partial charge in [0.1, 0.15) is 5.82 Å². The first-order valence-corrected chi connectivity index (χ1v) is 5.33. The van der Waals surface area contributed by atoms with E-state index in [9.17, 15) is 0 Å². The number of nitrogens with one attached hydrogen (secondary N) is 1. The quantitative estimate of drug-likeness (QED) is 0.798. The van der Waals surface area contributed by atoms with Crippen LogP contribution in [0.1, 0.15) is 18.3 Å². The number of allylic oxidation sites excluding steroid dienone is 4. The lowest BCUT2D eigenvalue weighted by molar-refractivity contribution is 0.973. The lowest BCUT2D eigenvalue weighted by Gasteiger charge is -2.12. The van der Waals surface area contributed by atoms with Crippen LogP contribution in [-0.2, 0) is 0 Å². The molecule has 0 radical (unpaired) electrons. The third-order valence-corrected chi connectivity index (χ3v) is 2.58. The summed E-state index contributed by atoms with van der Waals surface area (Å²) in [6, 6.07) is 0. The lowest BCUT2D eigenvalue weighted by atomic mass is 9.96. The Hall–Kier alpha value is -2.23. The Morgan fingerprint density at radius 1 is 1.18 bits per heavy atom. The van der Waals surface area contributed by atoms with E-state index < -0.39 is 0 Å². The van der Waals surface area contributed by atoms with Crippen molar-refractivity contribution in [3.8, 4) is 0 Å². The molecular weight excluding hydrogens is 212 g/mol. The Balaban J connectivity index is 2.43. The van der Waals surface area contributed by atoms with Crippen LogP contribution in [0, 0.1) is 6.92 Å². The monoisotopic (exact) mass is 226 g/mol. The number of rotatable bonds is 1. The van der Waals surface area contributed by atoms with Gasteiger partial charge >= 0.3 is 0 Å². The van der Waals surface area contributed by atoms with Crippen LogP contribution in [0.2, 0.25) is 0 Å². The highest BCUT2D eigenvalue weighted by molar-refractivity contribution is 5.85. The lowest BCUT2D eigenvalue weighted by Crippen LogP contribution is -2.03. The largest absolute Gasteiger partial charge is 0.285 e. The van der Waals surface area contributed by atoms with E-state index in [4.69, 9.17) is 0 Å². The van der Waals surface area contributed by atoms with Crippen LogP contribution in [0.15, 0.2) is 47.5 Å². The SMILES string of the molecule is C=C1C(c2cnc(C)nc2)=CN/N=C\C=C/1C. The molecule has 0 amide bonds. The van der Waals surface area contributed by atoms with Crippen molar-refractivity contribution in [2.24, 2.45) is 5.10 Å². The molecule has 1 aromatic heterocycles. The fraction of sp³-hybridized carbons (Fsp3) is 0.154. The molecule has 0 aliphatic carbocycles. The standard InChI is InChI=1S/C13H14N4/c1-9-4-5-16-17-8-13(10(9)2)12-6-14-11(3)15-7-12/h4-8,17H,2H2,1,3H3/b9-4-,13-8?,16-5-. The van der Waals surface area contributed by atoms with Crippen LogP contribution >= 0.6 is 0 Å². The molecular formula is C13H14N4. The van der Waals surface area contributed by atoms with Crippen molar-refractivity contribution in [2.45, 2.75) is 13.8 Å². The van der Waals surface area contributed by atoms with Crippen LogP contribution in [0.25, 0.3) is 5.57 Å². The van der Waals surface area contributed by atoms with E-state index in [0.29, 0.717) is 0 Å². The number of hydrogen-bond donors (Lipinski definition) is 1. The summed E-state index contributed by atoms with van der Waals surface area (Å²) in [6.45, 7) is 7.95. The maximum Gasteiger partial charge on any atom is 0.125 e. The first-order chi connectivity index (χ1) is 8.18. The van der Waals surface area contributed by atoms with Gasteiger partial charge in [0, 0.05) is 35.9 Å². The van der Waals surface area contributed by atoms with Gasteiger partial charge in [-0.3, -0.25) is 5.43 Å². The number of nitrogens with zero attached hydrogens (tertiary/aromatic N) is 3. The van der Waals surface area contributed by atoms with Crippen molar-refractivity contribution in [1.29, 1.82) is 0 Å². The normalized spacial score (nSPS) is 20.5. The second kappa shape index (κ2) is 4.74. The minimum atomic E-state index is 0.754. The summed E-state index contributed by atoms with van der Waals surface area (Å²) in [5.74, 6) is 0.754. The van der Waals surface area contributed by atoms with Gasteiger partial charge in [0.2, 0.25) is 0 Å². The Labute approximate surface area is 100 Å². The maximum absolute atomic E-state index is 4.19. The van der Waals surface area contributed by atoms with Gasteiger partial charge in [-0.15, -0.1) is 0 Å². The van der Waals surface area contributed by atoms with E-state index in [1.54, 1.807) is 18.6 Å². The Morgan fingerprint density at radius 2 is 1.88 bits per heavy atom. The van der Waals surface area contributed by atoms with Crippen LogP contribution in [0.4, 0.5) is 0 Å². The molecule has 0 saturated carbocycles. The fourth-order valence-corrected chi connectivity index (χ4v) is 1.48. The van der Waals surface area contributed by atoms with Gasteiger partial charge in [-0.05, 0) is 31.1 Å². The molecule has 0 aromatic carbocycles. The first-order valence-electron chi connectivity index (χ1n) is 5.33. The summed E-state index contributed by atoms with van der Waals surface area (Å²) in [4.78, 5) is 8.38. The molecule has 4 nitrogen and oxygen atoms in total. The zero-order chi connectivity index (χ0) is 12.3. The molecule has 0 spiro atoms. The van der Waals surface area contributed by atoms with Crippen molar-refractivity contribution >= 4 is 11.8 Å². The van der Waals surface area contributed by atoms with Crippen molar-refractivity contribution in [3.05, 3.63) is 53.8 Å². The zero-order valence-corrected chi connectivity index (χ0v) is 9.94. The smallest absolute Gasteiger partial charge is 0.125 e. The summed E-state index contributed by atoms with van der Waals surface area (Å²) >= 11 is 0. The predicted octanol–water partition coefficient (Wildman–Crippen LogP) is 2.22. The molecule has 2 rings (SSSR count). The molecule has 17 heavy (non-hydrogen) atoms. The zero-order valence-electron chi connectivity index (χ0n) is 9.94. The van der Waals surface area contributed by atoms with Gasteiger partial charge < -0.3 is 0 Å². The molecule has 0 atom stereocenters. The summed E-state index contributed by atoms with van der Waals surface area (Å²) in [5.41, 5.74) is 6.74. The summed E-state index contributed by atoms with van der Waals surface area (Å²) in [6.07, 6.45) is 9.01. The van der Waals surface area contributed by atoms with E-state index in [1.165, 1.54) is 0 Å². The van der Waals surface area contributed by atoms with Gasteiger partial charge in [0.05, 0.1) is 0 Å². The van der Waals surface area contributed by atoms with Crippen molar-refractivity contribution in [3.63, 3.8) is 0 Å². The van der Waals surface area contributed by atoms with Crippen molar-refractivity contribution < 1.29 is 0 Å². The highest BCUT2D eigenvalue weighted by Gasteiger charge is 2.09. The highest BCUT2D eigenvalue weighted by atomic mass is 15.3. The van der Waals surface area contributed by atoms with Gasteiger partial charge in [0.15, 0.2) is 0 Å². The Morgan fingerprint density at radius 3 is 2.59 bits per heavy atom. The van der Waals surface area contributed by atoms with E-state index in [1.807, 2.05) is 26.1 Å². The summed E-state index contributed by atoms with van der Waals surface area (Å²) in [5, 5.41) is 4.00. The average molecular weight is 226 g/mol. The topological polar surface area (TPSA) is 50.2 Å². The number of hydrogen-bond acceptors (Lipinski definition) is 4. The minimum Gasteiger partial charge on any atom is -0.285 e. The molecule has 1 N–H and O–H groups in total. The molecule has 0 unspecified atom stereocenters. The number of aryl methyl sites for hydroxylation is 1. The highest BCUT2D eigenvalue weighted by Crippen LogP contribution is 2.25. The van der Waals surface area contributed by atoms with Crippen LogP contribution in [0.3, 0.4) is 0 Å². The minimum absolute atomic E-state index is 0.754. The molecule has 1 aromatic rings. The van der Waals surface area contributed by atoms with Crippen LogP contribution < -0.4 is 5.43 Å². The average Bonchev–Trinajstić information content (AvgIpc) is 2.32. The van der Waals surface area contributed by atoms with Crippen molar-refractivity contribution in [1.82, 2.24) is 15.4 Å². The number of aromatic nitrogens is 2. The first kappa shape index (κ1) is 11.3. The van der Waals surface area contributed by atoms with E-state index >= 15 is 0 Å². The maximum atomic E-state index is 4.19. The third-order valence-electron chi connectivity index (χ3n) is 2.58. The van der Waals surface area contributed by atoms with E-state index in [2.05, 4.69) is 27.1 Å².